The number of carbonyl (C=O) groups is 1. The predicted octanol–water partition coefficient (Wildman–Crippen LogP) is 0.985. The number of hydrogen-bond donors (Lipinski definition) is 4. The van der Waals surface area contributed by atoms with E-state index in [2.05, 4.69) is 24.7 Å². The number of benzene rings is 1. The first-order valence-corrected chi connectivity index (χ1v) is 9.82. The number of unbranched alkanes of at least 4 members (excludes halogenated alkanes) is 1. The van der Waals surface area contributed by atoms with Crippen LogP contribution in [0.25, 0.3) is 0 Å². The molecule has 0 saturated carbocycles. The van der Waals surface area contributed by atoms with Crippen LogP contribution in [-0.2, 0) is 10.2 Å². The molecule has 1 amide bonds. The molecule has 144 valence electrons. The standard InChI is InChI=1S/C15H23ClN6O3S/c1-3-5-10-19-15(18-4-2)22-26(24,25)21-14(17)20-13(23)11-6-8-12(16)9-7-11/h6-9H,3-5,10H2,1-2H3,(H2,18,19,22)(H3,17,20,21,23). The largest absolute Gasteiger partial charge is 0.369 e. The average molecular weight is 403 g/mol. The normalized spacial score (nSPS) is 12.6. The van der Waals surface area contributed by atoms with Crippen LogP contribution in [0.2, 0.25) is 5.02 Å². The van der Waals surface area contributed by atoms with Gasteiger partial charge in [-0.2, -0.15) is 8.42 Å². The molecule has 0 aliphatic rings. The molecule has 9 nitrogen and oxygen atoms in total. The van der Waals surface area contributed by atoms with Gasteiger partial charge in [0.1, 0.15) is 0 Å². The fourth-order valence-corrected chi connectivity index (χ4v) is 2.59. The van der Waals surface area contributed by atoms with Crippen LogP contribution in [0.3, 0.4) is 0 Å². The Bertz CT molecular complexity index is 762. The lowest BCUT2D eigenvalue weighted by Crippen LogP contribution is -2.43. The van der Waals surface area contributed by atoms with Gasteiger partial charge in [0.25, 0.3) is 5.91 Å². The van der Waals surface area contributed by atoms with Gasteiger partial charge < -0.3 is 11.1 Å². The molecule has 0 aromatic heterocycles. The second-order valence-corrected chi connectivity index (χ2v) is 6.90. The van der Waals surface area contributed by atoms with Gasteiger partial charge in [-0.3, -0.25) is 15.1 Å². The Morgan fingerprint density at radius 2 is 1.88 bits per heavy atom. The molecule has 0 heterocycles. The molecule has 0 unspecified atom stereocenters. The monoisotopic (exact) mass is 402 g/mol. The van der Waals surface area contributed by atoms with E-state index in [9.17, 15) is 13.2 Å². The molecule has 0 aliphatic carbocycles. The second-order valence-electron chi connectivity index (χ2n) is 5.13. The van der Waals surface area contributed by atoms with Crippen LogP contribution < -0.4 is 21.1 Å². The summed E-state index contributed by atoms with van der Waals surface area (Å²) in [5, 5.41) is 5.45. The number of guanidine groups is 2. The predicted molar refractivity (Wildman–Crippen MR) is 103 cm³/mol. The number of rotatable bonds is 7. The lowest BCUT2D eigenvalue weighted by Gasteiger charge is -2.10. The molecule has 0 bridgehead atoms. The van der Waals surface area contributed by atoms with Gasteiger partial charge in [0.2, 0.25) is 11.9 Å². The summed E-state index contributed by atoms with van der Waals surface area (Å²) in [6.07, 6.45) is 1.75. The highest BCUT2D eigenvalue weighted by Gasteiger charge is 2.14. The molecule has 1 aromatic rings. The van der Waals surface area contributed by atoms with E-state index >= 15 is 0 Å². The Balaban J connectivity index is 2.79. The molecule has 0 atom stereocenters. The smallest absolute Gasteiger partial charge is 0.347 e. The van der Waals surface area contributed by atoms with Gasteiger partial charge in [-0.25, -0.2) is 4.72 Å². The van der Waals surface area contributed by atoms with Crippen LogP contribution in [0.15, 0.2) is 33.7 Å². The number of nitrogens with one attached hydrogen (secondary N) is 3. The highest BCUT2D eigenvalue weighted by Crippen LogP contribution is 2.09. The molecule has 0 saturated heterocycles. The first kappa shape index (κ1) is 21.7. The van der Waals surface area contributed by atoms with Crippen molar-refractivity contribution in [2.45, 2.75) is 26.7 Å². The average Bonchev–Trinajstić information content (AvgIpc) is 2.54. The summed E-state index contributed by atoms with van der Waals surface area (Å²) in [7, 11) is -4.19. The van der Waals surface area contributed by atoms with E-state index in [1.165, 1.54) is 24.3 Å². The number of halogens is 1. The summed E-state index contributed by atoms with van der Waals surface area (Å²) in [5.41, 5.74) is 5.77. The number of nitrogens with zero attached hydrogens (tertiary/aromatic N) is 2. The number of carbonyl (C=O) groups excluding carboxylic acids is 1. The van der Waals surface area contributed by atoms with Crippen molar-refractivity contribution in [3.63, 3.8) is 0 Å². The quantitative estimate of drug-likeness (QED) is 0.306. The summed E-state index contributed by atoms with van der Waals surface area (Å²) < 4.78 is 29.6. The maximum absolute atomic E-state index is 12.1. The van der Waals surface area contributed by atoms with Gasteiger partial charge in [-0.1, -0.05) is 24.9 Å². The van der Waals surface area contributed by atoms with E-state index in [0.717, 1.165) is 12.8 Å². The second kappa shape index (κ2) is 10.6. The van der Waals surface area contributed by atoms with Crippen molar-refractivity contribution < 1.29 is 13.2 Å². The molecule has 26 heavy (non-hydrogen) atoms. The molecule has 11 heteroatoms. The Morgan fingerprint density at radius 3 is 2.46 bits per heavy atom. The molecule has 1 aromatic carbocycles. The van der Waals surface area contributed by atoms with Crippen LogP contribution in [0, 0.1) is 0 Å². The van der Waals surface area contributed by atoms with Crippen LogP contribution in [0.5, 0.6) is 0 Å². The SMILES string of the molecule is CCCCN=C(NCC)NS(=O)(=O)N=C(N)NC(=O)c1ccc(Cl)cc1. The van der Waals surface area contributed by atoms with Gasteiger partial charge in [0.05, 0.1) is 0 Å². The molecule has 0 aliphatic heterocycles. The van der Waals surface area contributed by atoms with E-state index in [-0.39, 0.29) is 11.5 Å². The van der Waals surface area contributed by atoms with Crippen LogP contribution >= 0.6 is 11.6 Å². The van der Waals surface area contributed by atoms with Crippen molar-refractivity contribution in [2.24, 2.45) is 15.1 Å². The first-order valence-electron chi connectivity index (χ1n) is 8.00. The minimum absolute atomic E-state index is 0.0709. The van der Waals surface area contributed by atoms with Crippen LogP contribution in [0.4, 0.5) is 0 Å². The van der Waals surface area contributed by atoms with Crippen molar-refractivity contribution in [1.82, 2.24) is 15.4 Å². The van der Waals surface area contributed by atoms with Crippen molar-refractivity contribution >= 4 is 39.6 Å². The highest BCUT2D eigenvalue weighted by molar-refractivity contribution is 7.88. The van der Waals surface area contributed by atoms with Gasteiger partial charge in [-0.05, 0) is 37.6 Å². The van der Waals surface area contributed by atoms with Gasteiger partial charge in [0, 0.05) is 23.7 Å². The zero-order valence-electron chi connectivity index (χ0n) is 14.6. The van der Waals surface area contributed by atoms with Crippen molar-refractivity contribution in [3.8, 4) is 0 Å². The molecule has 0 spiro atoms. The molecule has 0 fully saturated rings. The minimum Gasteiger partial charge on any atom is -0.369 e. The zero-order chi connectivity index (χ0) is 19.6. The molecule has 5 N–H and O–H groups in total. The van der Waals surface area contributed by atoms with E-state index in [0.29, 0.717) is 18.1 Å². The van der Waals surface area contributed by atoms with Gasteiger partial charge in [-0.15, -0.1) is 4.40 Å². The van der Waals surface area contributed by atoms with Gasteiger partial charge in [0.15, 0.2) is 0 Å². The van der Waals surface area contributed by atoms with Crippen molar-refractivity contribution in [1.29, 1.82) is 0 Å². The topological polar surface area (TPSA) is 138 Å². The summed E-state index contributed by atoms with van der Waals surface area (Å²) in [6, 6.07) is 6.00. The fourth-order valence-electron chi connectivity index (χ4n) is 1.73. The van der Waals surface area contributed by atoms with E-state index < -0.39 is 22.1 Å². The number of aliphatic imine (C=N–C) groups is 1. The van der Waals surface area contributed by atoms with E-state index in [1.807, 2.05) is 6.92 Å². The number of hydrogen-bond acceptors (Lipinski definition) is 4. The highest BCUT2D eigenvalue weighted by atomic mass is 35.5. The van der Waals surface area contributed by atoms with Crippen molar-refractivity contribution in [3.05, 3.63) is 34.9 Å². The Hall–Kier alpha value is -2.33. The third-order valence-corrected chi connectivity index (χ3v) is 4.06. The fraction of sp³-hybridized carbons (Fsp3) is 0.400. The maximum atomic E-state index is 12.1. The van der Waals surface area contributed by atoms with E-state index in [4.69, 9.17) is 17.3 Å². The zero-order valence-corrected chi connectivity index (χ0v) is 16.2. The lowest BCUT2D eigenvalue weighted by atomic mass is 10.2. The maximum Gasteiger partial charge on any atom is 0.347 e. The minimum atomic E-state index is -4.19. The summed E-state index contributed by atoms with van der Waals surface area (Å²) in [4.78, 5) is 16.1. The Labute approximate surface area is 158 Å². The molecular weight excluding hydrogens is 380 g/mol. The first-order chi connectivity index (χ1) is 12.3. The third-order valence-electron chi connectivity index (χ3n) is 2.92. The Morgan fingerprint density at radius 1 is 1.23 bits per heavy atom. The van der Waals surface area contributed by atoms with E-state index in [1.54, 1.807) is 6.92 Å². The third kappa shape index (κ3) is 8.17. The van der Waals surface area contributed by atoms with Crippen LogP contribution in [0.1, 0.15) is 37.0 Å². The molecule has 1 rings (SSSR count). The number of amides is 1. The van der Waals surface area contributed by atoms with Gasteiger partial charge >= 0.3 is 10.2 Å². The summed E-state index contributed by atoms with van der Waals surface area (Å²) in [5.74, 6) is -1.11. The Kier molecular flexibility index (Phi) is 8.86. The van der Waals surface area contributed by atoms with Crippen LogP contribution in [-0.4, -0.2) is 39.3 Å². The summed E-state index contributed by atoms with van der Waals surface area (Å²) >= 11 is 5.74. The lowest BCUT2D eigenvalue weighted by molar-refractivity contribution is 0.0977. The molecular formula is C15H23ClN6O3S. The number of nitrogens with two attached hydrogens (primary N) is 1. The van der Waals surface area contributed by atoms with Crippen molar-refractivity contribution in [2.75, 3.05) is 13.1 Å². The molecule has 0 radical (unpaired) electrons. The summed E-state index contributed by atoms with van der Waals surface area (Å²) in [6.45, 7) is 4.74.